The van der Waals surface area contributed by atoms with Crippen molar-refractivity contribution in [3.05, 3.63) is 59.7 Å². The van der Waals surface area contributed by atoms with Gasteiger partial charge in [-0.2, -0.15) is 0 Å². The number of aliphatic hydroxyl groups is 1. The highest BCUT2D eigenvalue weighted by Crippen LogP contribution is 2.44. The molecule has 1 saturated heterocycles. The van der Waals surface area contributed by atoms with Crippen molar-refractivity contribution in [2.24, 2.45) is 5.92 Å². The molecular formula is C24H26N2O6. The van der Waals surface area contributed by atoms with E-state index in [4.69, 9.17) is 4.74 Å². The number of benzene rings is 2. The maximum atomic E-state index is 12.8. The summed E-state index contributed by atoms with van der Waals surface area (Å²) >= 11 is 0. The van der Waals surface area contributed by atoms with E-state index in [2.05, 4.69) is 5.32 Å². The zero-order chi connectivity index (χ0) is 22.8. The molecule has 1 aliphatic carbocycles. The molecule has 168 valence electrons. The number of carbonyl (C=O) groups excluding carboxylic acids is 2. The van der Waals surface area contributed by atoms with Gasteiger partial charge >= 0.3 is 12.1 Å². The molecule has 2 aliphatic rings. The Morgan fingerprint density at radius 1 is 1.06 bits per heavy atom. The molecule has 1 heterocycles. The highest BCUT2D eigenvalue weighted by Gasteiger charge is 2.36. The van der Waals surface area contributed by atoms with E-state index in [-0.39, 0.29) is 25.0 Å². The molecular weight excluding hydrogens is 412 g/mol. The normalized spacial score (nSPS) is 20.4. The van der Waals surface area contributed by atoms with Gasteiger partial charge in [0.2, 0.25) is 5.91 Å². The molecule has 0 aromatic heterocycles. The number of aliphatic carboxylic acids is 1. The molecule has 0 bridgehead atoms. The average molecular weight is 438 g/mol. The number of β-amino-alcohol motifs (C(OH)–C–C–N with tert-alkyl or cyclic N) is 1. The van der Waals surface area contributed by atoms with Gasteiger partial charge in [-0.3, -0.25) is 9.59 Å². The van der Waals surface area contributed by atoms with Gasteiger partial charge in [-0.15, -0.1) is 0 Å². The maximum Gasteiger partial charge on any atom is 0.407 e. The molecule has 2 aromatic carbocycles. The average Bonchev–Trinajstić information content (AvgIpc) is 3.28. The molecule has 4 rings (SSSR count). The summed E-state index contributed by atoms with van der Waals surface area (Å²) in [6.45, 7) is 2.29. The minimum Gasteiger partial charge on any atom is -0.481 e. The Morgan fingerprint density at radius 2 is 1.66 bits per heavy atom. The van der Waals surface area contributed by atoms with Gasteiger partial charge in [-0.05, 0) is 22.3 Å². The lowest BCUT2D eigenvalue weighted by atomic mass is 9.98. The molecule has 2 amide bonds. The summed E-state index contributed by atoms with van der Waals surface area (Å²) in [7, 11) is 0. The number of nitrogens with one attached hydrogen (secondary N) is 1. The number of aliphatic hydroxyl groups excluding tert-OH is 1. The quantitative estimate of drug-likeness (QED) is 0.637. The molecule has 3 N–H and O–H groups in total. The molecule has 3 atom stereocenters. The maximum absolute atomic E-state index is 12.8. The third-order valence-electron chi connectivity index (χ3n) is 6.20. The van der Waals surface area contributed by atoms with Crippen molar-refractivity contribution in [2.45, 2.75) is 31.4 Å². The first-order valence-corrected chi connectivity index (χ1v) is 10.6. The first-order chi connectivity index (χ1) is 15.3. The highest BCUT2D eigenvalue weighted by atomic mass is 16.5. The highest BCUT2D eigenvalue weighted by molar-refractivity contribution is 5.89. The van der Waals surface area contributed by atoms with Crippen molar-refractivity contribution in [2.75, 3.05) is 19.7 Å². The van der Waals surface area contributed by atoms with Crippen molar-refractivity contribution >= 4 is 18.0 Å². The van der Waals surface area contributed by atoms with E-state index in [0.717, 1.165) is 22.3 Å². The topological polar surface area (TPSA) is 116 Å². The standard InChI is InChI=1S/C24H26N2O6/c1-14-11-26(12-21(14)27)23(30)20(10-22(28)29)25-24(31)32-13-19-17-8-4-2-6-15(17)16-7-3-5-9-18(16)19/h2-9,14,19-21,27H,10-13H2,1H3,(H,25,31)(H,28,29)/t14-,20?,21-/m1/s1. The van der Waals surface area contributed by atoms with E-state index in [9.17, 15) is 24.6 Å². The first kappa shape index (κ1) is 21.8. The fourth-order valence-corrected chi connectivity index (χ4v) is 4.51. The Morgan fingerprint density at radius 3 is 2.19 bits per heavy atom. The number of ether oxygens (including phenoxy) is 1. The Kier molecular flexibility index (Phi) is 6.14. The third kappa shape index (κ3) is 4.31. The van der Waals surface area contributed by atoms with Gasteiger partial charge < -0.3 is 25.2 Å². The van der Waals surface area contributed by atoms with Crippen LogP contribution in [0.15, 0.2) is 48.5 Å². The van der Waals surface area contributed by atoms with E-state index in [1.54, 1.807) is 0 Å². The zero-order valence-corrected chi connectivity index (χ0v) is 17.7. The van der Waals surface area contributed by atoms with E-state index in [1.807, 2.05) is 55.5 Å². The number of rotatable bonds is 6. The van der Waals surface area contributed by atoms with Crippen molar-refractivity contribution in [3.8, 4) is 11.1 Å². The third-order valence-corrected chi connectivity index (χ3v) is 6.20. The van der Waals surface area contributed by atoms with Crippen LogP contribution in [0, 0.1) is 5.92 Å². The van der Waals surface area contributed by atoms with Gasteiger partial charge in [-0.25, -0.2) is 4.79 Å². The second-order valence-corrected chi connectivity index (χ2v) is 8.41. The number of hydrogen-bond donors (Lipinski definition) is 3. The van der Waals surface area contributed by atoms with Gasteiger partial charge in [0.15, 0.2) is 0 Å². The lowest BCUT2D eigenvalue weighted by molar-refractivity contribution is -0.142. The van der Waals surface area contributed by atoms with Crippen molar-refractivity contribution in [1.29, 1.82) is 0 Å². The smallest absolute Gasteiger partial charge is 0.407 e. The van der Waals surface area contributed by atoms with Gasteiger partial charge in [0.05, 0.1) is 12.5 Å². The number of hydrogen-bond acceptors (Lipinski definition) is 5. The number of carboxylic acids is 1. The summed E-state index contributed by atoms with van der Waals surface area (Å²) in [5.41, 5.74) is 4.30. The van der Waals surface area contributed by atoms with Crippen LogP contribution >= 0.6 is 0 Å². The summed E-state index contributed by atoms with van der Waals surface area (Å²) < 4.78 is 5.44. The summed E-state index contributed by atoms with van der Waals surface area (Å²) in [4.78, 5) is 37.9. The minimum atomic E-state index is -1.26. The Hall–Kier alpha value is -3.39. The molecule has 32 heavy (non-hydrogen) atoms. The van der Waals surface area contributed by atoms with Crippen LogP contribution in [0.4, 0.5) is 4.79 Å². The van der Waals surface area contributed by atoms with E-state index in [0.29, 0.717) is 6.54 Å². The summed E-state index contributed by atoms with van der Waals surface area (Å²) in [5, 5.41) is 21.5. The van der Waals surface area contributed by atoms with Crippen LogP contribution in [0.25, 0.3) is 11.1 Å². The number of nitrogens with zero attached hydrogens (tertiary/aromatic N) is 1. The minimum absolute atomic E-state index is 0.0628. The van der Waals surface area contributed by atoms with Gasteiger partial charge in [0.25, 0.3) is 0 Å². The fraction of sp³-hybridized carbons (Fsp3) is 0.375. The Labute approximate surface area is 185 Å². The number of amides is 2. The van der Waals surface area contributed by atoms with E-state index in [1.165, 1.54) is 4.90 Å². The van der Waals surface area contributed by atoms with Crippen molar-refractivity contribution in [3.63, 3.8) is 0 Å². The van der Waals surface area contributed by atoms with Crippen LogP contribution in [0.3, 0.4) is 0 Å². The molecule has 8 nitrogen and oxygen atoms in total. The summed E-state index contributed by atoms with van der Waals surface area (Å²) in [6.07, 6.45) is -2.08. The summed E-state index contributed by atoms with van der Waals surface area (Å²) in [5.74, 6) is -2.00. The van der Waals surface area contributed by atoms with Crippen molar-refractivity contribution < 1.29 is 29.3 Å². The molecule has 2 aromatic rings. The fourth-order valence-electron chi connectivity index (χ4n) is 4.51. The zero-order valence-electron chi connectivity index (χ0n) is 17.7. The monoisotopic (exact) mass is 438 g/mol. The number of alkyl carbamates (subject to hydrolysis) is 1. The molecule has 0 saturated carbocycles. The van der Waals surface area contributed by atoms with Crippen LogP contribution in [0.5, 0.6) is 0 Å². The van der Waals surface area contributed by atoms with Crippen molar-refractivity contribution in [1.82, 2.24) is 10.2 Å². The van der Waals surface area contributed by atoms with Crippen LogP contribution in [0.2, 0.25) is 0 Å². The van der Waals surface area contributed by atoms with Crippen LogP contribution in [-0.2, 0) is 14.3 Å². The molecule has 0 radical (unpaired) electrons. The lowest BCUT2D eigenvalue weighted by Gasteiger charge is -2.23. The first-order valence-electron chi connectivity index (χ1n) is 10.6. The number of fused-ring (bicyclic) bond motifs is 3. The second-order valence-electron chi connectivity index (χ2n) is 8.41. The van der Waals surface area contributed by atoms with Gasteiger partial charge in [0, 0.05) is 24.9 Å². The molecule has 1 fully saturated rings. The van der Waals surface area contributed by atoms with Gasteiger partial charge in [0.1, 0.15) is 12.6 Å². The lowest BCUT2D eigenvalue weighted by Crippen LogP contribution is -2.49. The van der Waals surface area contributed by atoms with Crippen LogP contribution < -0.4 is 5.32 Å². The predicted octanol–water partition coefficient (Wildman–Crippen LogP) is 2.21. The van der Waals surface area contributed by atoms with Crippen LogP contribution in [-0.4, -0.2) is 64.9 Å². The predicted molar refractivity (Wildman–Crippen MR) is 116 cm³/mol. The summed E-state index contributed by atoms with van der Waals surface area (Å²) in [6, 6.07) is 14.6. The largest absolute Gasteiger partial charge is 0.481 e. The number of carboxylic acid groups (broad SMARTS) is 1. The number of carbonyl (C=O) groups is 3. The van der Waals surface area contributed by atoms with Gasteiger partial charge in [-0.1, -0.05) is 55.5 Å². The Balaban J connectivity index is 1.43. The van der Waals surface area contributed by atoms with E-state index < -0.39 is 36.5 Å². The molecule has 1 aliphatic heterocycles. The molecule has 8 heteroatoms. The molecule has 1 unspecified atom stereocenters. The number of likely N-dealkylation sites (tertiary alicyclic amines) is 1. The van der Waals surface area contributed by atoms with E-state index >= 15 is 0 Å². The van der Waals surface area contributed by atoms with Crippen LogP contribution in [0.1, 0.15) is 30.4 Å². The second kappa shape index (κ2) is 9.00. The molecule has 0 spiro atoms. The SMILES string of the molecule is C[C@@H]1CN(C(=O)C(CC(=O)O)NC(=O)OCC2c3ccccc3-c3ccccc32)C[C@H]1O. The Bertz CT molecular complexity index is 983.